The van der Waals surface area contributed by atoms with Gasteiger partial charge in [0.25, 0.3) is 0 Å². The van der Waals surface area contributed by atoms with E-state index in [2.05, 4.69) is 107 Å². The summed E-state index contributed by atoms with van der Waals surface area (Å²) in [5, 5.41) is 41.3. The molecule has 12 heteroatoms. The summed E-state index contributed by atoms with van der Waals surface area (Å²) in [6.45, 7) is 0. The Kier molecular flexibility index (Phi) is 18.1. The van der Waals surface area contributed by atoms with Crippen molar-refractivity contribution in [2.75, 3.05) is 0 Å². The summed E-state index contributed by atoms with van der Waals surface area (Å²) < 4.78 is 0. The highest BCUT2D eigenvalue weighted by Crippen LogP contribution is 2.41. The fourth-order valence-electron chi connectivity index (χ4n) is 13.8. The van der Waals surface area contributed by atoms with Gasteiger partial charge in [-0.15, -0.1) is 0 Å². The number of phenols is 4. The minimum Gasteiger partial charge on any atom is -0.508 e. The Bertz CT molecular complexity index is 5450. The van der Waals surface area contributed by atoms with Gasteiger partial charge < -0.3 is 30.4 Å². The Morgan fingerprint density at radius 1 is 0.204 bits per heavy atom. The summed E-state index contributed by atoms with van der Waals surface area (Å²) in [5.41, 5.74) is 26.2. The fraction of sp³-hybridized carbons (Fsp3) is 0. The first kappa shape index (κ1) is 66.4. The number of aliphatic imine (C=N–C) groups is 4. The number of phenolic OH excluding ortho intramolecular Hbond substituents is 4. The van der Waals surface area contributed by atoms with Gasteiger partial charge in [-0.3, -0.25) is 0 Å². The Morgan fingerprint density at radius 3 is 0.583 bits per heavy atom. The molecule has 0 atom stereocenters. The van der Waals surface area contributed by atoms with Gasteiger partial charge >= 0.3 is 0 Å². The molecule has 2 aliphatic rings. The van der Waals surface area contributed by atoms with Gasteiger partial charge in [-0.2, -0.15) is 0 Å². The summed E-state index contributed by atoms with van der Waals surface area (Å²) in [5.74, 6) is 0.695. The maximum absolute atomic E-state index is 10.3. The highest BCUT2D eigenvalue weighted by molar-refractivity contribution is 6.17. The molecule has 17 rings (SSSR count). The molecular formula is C96H66N8O4. The van der Waals surface area contributed by atoms with Crippen molar-refractivity contribution in [1.82, 2.24) is 19.9 Å². The maximum atomic E-state index is 10.3. The topological polar surface area (TPSA) is 188 Å². The standard InChI is InChI=1S/C96H66N8O4/c105-77-45-29-69(30-46-77)93(65-13-5-1-6-14-65)97-73-37-21-61(22-38-73)89-81-53-55-83(101-81)90(62-23-39-74(40-24-62)98-94(66-15-7-2-8-16-66)70-31-47-78(106)48-32-70)85-57-59-87(103-85)92(64-27-43-76(44-28-64)100-96(68-19-11-4-12-20-68)72-35-51-80(108)52-36-72)88-60-58-86(104-88)91(84-56-54-82(89)102-84)63-25-41-75(42-26-63)99-95(67-17-9-3-10-18-67)71-33-49-79(107)50-34-71/h1-60,101,104-108H. The third-order valence-corrected chi connectivity index (χ3v) is 19.1. The molecule has 0 amide bonds. The highest BCUT2D eigenvalue weighted by Gasteiger charge is 2.22. The largest absolute Gasteiger partial charge is 0.508 e. The zero-order valence-corrected chi connectivity index (χ0v) is 58.1. The molecule has 8 bridgehead atoms. The second-order valence-electron chi connectivity index (χ2n) is 26.2. The number of H-pyrrole nitrogens is 2. The molecule has 0 saturated heterocycles. The molecule has 0 aliphatic carbocycles. The molecule has 0 fully saturated rings. The molecule has 0 spiro atoms. The molecular weight excluding hydrogens is 1330 g/mol. The Morgan fingerprint density at radius 2 is 0.389 bits per heavy atom. The van der Waals surface area contributed by atoms with Crippen molar-refractivity contribution < 1.29 is 20.4 Å². The SMILES string of the molecule is Oc1ccc(C(=Nc2ccc(-c3c4nc(c(-c5ccc(N=C(c6ccccc6)c6ccc(O)cc6)cc5)c5ccc([nH]5)c(-c5ccc(N=C(c6ccccc6)c6ccc(O)cc6)cc5)c5nc(c(-c6ccc(N=C(c7ccccc7)c7ccc(O)cc7)cc6)c6ccc3[nH]6)C=C5)C=C4)cc2)c2ccccc2)cc1. The van der Waals surface area contributed by atoms with Gasteiger partial charge in [0.1, 0.15) is 23.0 Å². The molecule has 108 heavy (non-hydrogen) atoms. The van der Waals surface area contributed by atoms with Crippen LogP contribution in [0, 0.1) is 0 Å². The summed E-state index contributed by atoms with van der Waals surface area (Å²) in [6, 6.07) is 110. The van der Waals surface area contributed by atoms with Crippen LogP contribution in [-0.2, 0) is 0 Å². The van der Waals surface area contributed by atoms with Gasteiger partial charge in [-0.25, -0.2) is 29.9 Å². The summed E-state index contributed by atoms with van der Waals surface area (Å²) in [6.07, 6.45) is 8.34. The number of nitrogens with one attached hydrogen (secondary N) is 2. The van der Waals surface area contributed by atoms with Crippen molar-refractivity contribution in [2.24, 2.45) is 20.0 Å². The first-order chi connectivity index (χ1) is 53.1. The molecule has 514 valence electrons. The smallest absolute Gasteiger partial charge is 0.115 e. The molecule has 0 radical (unpaired) electrons. The van der Waals surface area contributed by atoms with E-state index in [1.165, 1.54) is 0 Å². The molecule has 3 aromatic heterocycles. The average molecular weight is 1400 g/mol. The number of benzene rings is 12. The number of nitrogens with zero attached hydrogens (tertiary/aromatic N) is 6. The zero-order valence-electron chi connectivity index (χ0n) is 58.1. The fourth-order valence-corrected chi connectivity index (χ4v) is 13.8. The van der Waals surface area contributed by atoms with Crippen molar-refractivity contribution in [3.8, 4) is 67.5 Å². The third-order valence-electron chi connectivity index (χ3n) is 19.1. The zero-order chi connectivity index (χ0) is 72.9. The lowest BCUT2D eigenvalue weighted by atomic mass is 10.0. The van der Waals surface area contributed by atoms with Gasteiger partial charge in [-0.1, -0.05) is 170 Å². The number of aromatic nitrogens is 4. The second kappa shape index (κ2) is 29.5. The van der Waals surface area contributed by atoms with Crippen molar-refractivity contribution >= 4 is 92.0 Å². The summed E-state index contributed by atoms with van der Waals surface area (Å²) >= 11 is 0. The van der Waals surface area contributed by atoms with Gasteiger partial charge in [0.05, 0.1) is 68.4 Å². The molecule has 5 heterocycles. The van der Waals surface area contributed by atoms with Crippen LogP contribution in [0.4, 0.5) is 22.7 Å². The summed E-state index contributed by atoms with van der Waals surface area (Å²) in [7, 11) is 0. The number of aromatic hydroxyl groups is 4. The van der Waals surface area contributed by atoms with Crippen molar-refractivity contribution in [3.63, 3.8) is 0 Å². The first-order valence-electron chi connectivity index (χ1n) is 35.4. The second-order valence-corrected chi connectivity index (χ2v) is 26.2. The van der Waals surface area contributed by atoms with E-state index in [0.29, 0.717) is 0 Å². The van der Waals surface area contributed by atoms with Crippen LogP contribution in [0.2, 0.25) is 0 Å². The van der Waals surface area contributed by atoms with E-state index in [0.717, 1.165) is 179 Å². The normalized spacial score (nSPS) is 12.4. The molecule has 6 N–H and O–H groups in total. The monoisotopic (exact) mass is 1390 g/mol. The van der Waals surface area contributed by atoms with Crippen LogP contribution in [0.3, 0.4) is 0 Å². The van der Waals surface area contributed by atoms with E-state index in [1.54, 1.807) is 48.5 Å². The Hall–Kier alpha value is -14.9. The van der Waals surface area contributed by atoms with Crippen molar-refractivity contribution in [3.05, 3.63) is 407 Å². The number of rotatable bonds is 16. The molecule has 0 unspecified atom stereocenters. The lowest BCUT2D eigenvalue weighted by Gasteiger charge is -2.10. The molecule has 2 aliphatic heterocycles. The van der Waals surface area contributed by atoms with Crippen LogP contribution in [0.15, 0.2) is 360 Å². The predicted octanol–water partition coefficient (Wildman–Crippen LogP) is 22.8. The van der Waals surface area contributed by atoms with E-state index < -0.39 is 0 Å². The number of aromatic amines is 2. The van der Waals surface area contributed by atoms with E-state index in [-0.39, 0.29) is 23.0 Å². The highest BCUT2D eigenvalue weighted by atomic mass is 16.3. The molecule has 0 saturated carbocycles. The lowest BCUT2D eigenvalue weighted by molar-refractivity contribution is 0.474. The third kappa shape index (κ3) is 14.1. The maximum Gasteiger partial charge on any atom is 0.115 e. The molecule has 12 nitrogen and oxygen atoms in total. The Balaban J connectivity index is 0.885. The summed E-state index contributed by atoms with van der Waals surface area (Å²) in [4.78, 5) is 40.3. The van der Waals surface area contributed by atoms with Crippen molar-refractivity contribution in [2.45, 2.75) is 0 Å². The van der Waals surface area contributed by atoms with Gasteiger partial charge in [0, 0.05) is 88.8 Å². The average Bonchev–Trinajstić information content (AvgIpc) is 1.61. The number of fused-ring (bicyclic) bond motifs is 8. The minimum atomic E-state index is 0.174. The quantitative estimate of drug-likeness (QED) is 0.0522. The van der Waals surface area contributed by atoms with E-state index in [9.17, 15) is 20.4 Å². The number of hydrogen-bond acceptors (Lipinski definition) is 10. The van der Waals surface area contributed by atoms with Gasteiger partial charge in [-0.05, 0) is 216 Å². The van der Waals surface area contributed by atoms with Gasteiger partial charge in [0.2, 0.25) is 0 Å². The van der Waals surface area contributed by atoms with Crippen molar-refractivity contribution in [1.29, 1.82) is 0 Å². The van der Waals surface area contributed by atoms with Crippen LogP contribution < -0.4 is 0 Å². The Labute approximate surface area is 623 Å². The molecule has 12 aromatic carbocycles. The van der Waals surface area contributed by atoms with Crippen LogP contribution in [0.25, 0.3) is 90.9 Å². The lowest BCUT2D eigenvalue weighted by Crippen LogP contribution is -2.02. The van der Waals surface area contributed by atoms with Crippen LogP contribution in [0.1, 0.15) is 67.3 Å². The van der Waals surface area contributed by atoms with E-state index in [1.807, 2.05) is 218 Å². The van der Waals surface area contributed by atoms with Crippen LogP contribution >= 0.6 is 0 Å². The van der Waals surface area contributed by atoms with E-state index in [4.69, 9.17) is 29.9 Å². The predicted molar refractivity (Wildman–Crippen MR) is 440 cm³/mol. The molecule has 15 aromatic rings. The van der Waals surface area contributed by atoms with Gasteiger partial charge in [0.15, 0.2) is 0 Å². The first-order valence-corrected chi connectivity index (χ1v) is 35.4. The van der Waals surface area contributed by atoms with Crippen LogP contribution in [0.5, 0.6) is 23.0 Å². The number of hydrogen-bond donors (Lipinski definition) is 6. The van der Waals surface area contributed by atoms with E-state index >= 15 is 0 Å². The van der Waals surface area contributed by atoms with Crippen LogP contribution in [-0.4, -0.2) is 63.2 Å². The minimum absolute atomic E-state index is 0.174.